The van der Waals surface area contributed by atoms with Crippen molar-refractivity contribution in [2.45, 2.75) is 43.8 Å². The highest BCUT2D eigenvalue weighted by Crippen LogP contribution is 2.38. The number of anilines is 1. The summed E-state index contributed by atoms with van der Waals surface area (Å²) in [5.74, 6) is -0.459. The van der Waals surface area contributed by atoms with Crippen LogP contribution in [0, 0.1) is 11.1 Å². The summed E-state index contributed by atoms with van der Waals surface area (Å²) in [6, 6.07) is 15.6. The molecule has 0 bridgehead atoms. The molecule has 3 aromatic carbocycles. The van der Waals surface area contributed by atoms with Gasteiger partial charge in [-0.25, -0.2) is 9.36 Å². The van der Waals surface area contributed by atoms with Crippen LogP contribution in [0.5, 0.6) is 0 Å². The molecule has 0 saturated carbocycles. The van der Waals surface area contributed by atoms with Gasteiger partial charge in [0.15, 0.2) is 0 Å². The molecule has 57 heteroatoms. The molecule has 1 amide bonds. The van der Waals surface area contributed by atoms with E-state index in [-0.39, 0.29) is 63.9 Å². The second-order valence-corrected chi connectivity index (χ2v) is 18.8. The van der Waals surface area contributed by atoms with Crippen molar-refractivity contribution < 1.29 is 50.3 Å². The van der Waals surface area contributed by atoms with Crippen LogP contribution in [0.15, 0.2) is 250 Å². The molecule has 1 unspecified atom stereocenters. The van der Waals surface area contributed by atoms with E-state index in [4.69, 9.17) is 34.1 Å². The Morgan fingerprint density at radius 1 is 0.576 bits per heavy atom. The molecule has 482 valence electrons. The van der Waals surface area contributed by atoms with Crippen molar-refractivity contribution in [3.8, 4) is 11.4 Å². The number of carbonyl (C=O) groups is 1. The summed E-state index contributed by atoms with van der Waals surface area (Å²) in [5, 5.41) is 122. The first-order chi connectivity index (χ1) is 44.9. The van der Waals surface area contributed by atoms with Crippen molar-refractivity contribution >= 4 is 40.3 Å². The molecule has 1 atom stereocenters. The number of carbonyl (C=O) groups excluding carboxylic acids is 1. The van der Waals surface area contributed by atoms with Crippen LogP contribution in [0.3, 0.4) is 0 Å². The molecule has 55 nitrogen and oxygen atoms in total. The minimum atomic E-state index is -5.02. The maximum absolute atomic E-state index is 13.2. The Morgan fingerprint density at radius 2 is 1.04 bits per heavy atom. The van der Waals surface area contributed by atoms with Crippen LogP contribution < -0.4 is 15.1 Å². The molecule has 0 radical (unpaired) electrons. The second kappa shape index (κ2) is 41.9. The lowest BCUT2D eigenvalue weighted by Crippen LogP contribution is -2.27. The largest absolute Gasteiger partial charge is 0.745 e. The first-order valence-electron chi connectivity index (χ1n) is 24.8. The lowest BCUT2D eigenvalue weighted by atomic mass is 10.1. The number of benzene rings is 3. The predicted molar refractivity (Wildman–Crippen MR) is 286 cm³/mol. The zero-order valence-electron chi connectivity index (χ0n) is 47.0. The zero-order chi connectivity index (χ0) is 65.6. The summed E-state index contributed by atoms with van der Waals surface area (Å²) in [5.41, 5.74) is 15.8. The molecule has 2 aromatic heterocycles. The highest BCUT2D eigenvalue weighted by Gasteiger charge is 2.20. The van der Waals surface area contributed by atoms with E-state index in [1.807, 2.05) is 31.1 Å². The fourth-order valence-electron chi connectivity index (χ4n) is 6.28. The van der Waals surface area contributed by atoms with Crippen molar-refractivity contribution in [2.24, 2.45) is 178 Å². The molecular formula is C35H44N44O11PS-. The van der Waals surface area contributed by atoms with E-state index < -0.39 is 30.5 Å². The zero-order valence-corrected chi connectivity index (χ0v) is 48.7. The number of ether oxygens (including phenoxy) is 2. The minimum absolute atomic E-state index is 0.00884. The van der Waals surface area contributed by atoms with Gasteiger partial charge in [-0.3, -0.25) is 13.5 Å². The van der Waals surface area contributed by atoms with Crippen LogP contribution in [0.25, 0.3) is 22.1 Å². The van der Waals surface area contributed by atoms with Gasteiger partial charge in [-0.15, -0.1) is 10.2 Å². The third-order valence-electron chi connectivity index (χ3n) is 9.66. The lowest BCUT2D eigenvalue weighted by Gasteiger charge is -2.18. The second-order valence-electron chi connectivity index (χ2n) is 15.9. The number of phosphoric ester groups is 1. The predicted octanol–water partition coefficient (Wildman–Crippen LogP) is 9.62. The van der Waals surface area contributed by atoms with E-state index in [1.165, 1.54) is 15.4 Å². The molecule has 92 heavy (non-hydrogen) atoms. The van der Waals surface area contributed by atoms with E-state index in [0.717, 1.165) is 11.1 Å². The van der Waals surface area contributed by atoms with Gasteiger partial charge in [-0.05, 0) is 139 Å². The average molecular weight is 1320 g/mol. The Bertz CT molecular complexity index is 3820. The number of rotatable bonds is 43. The first-order valence-corrected chi connectivity index (χ1v) is 27.6. The van der Waals surface area contributed by atoms with E-state index in [0.29, 0.717) is 46.6 Å². The molecule has 0 spiro atoms. The lowest BCUT2D eigenvalue weighted by molar-refractivity contribution is -0.226. The Labute approximate surface area is 511 Å². The Kier molecular flexibility index (Phi) is 32.1. The van der Waals surface area contributed by atoms with Gasteiger partial charge < -0.3 is 38.6 Å². The molecule has 0 aliphatic heterocycles. The number of aromatic nitrogens is 6. The van der Waals surface area contributed by atoms with Gasteiger partial charge in [0.2, 0.25) is 5.91 Å². The number of phosphoric acid groups is 1. The standard InChI is InChI=1S/C35H45N44O11PS/c1-77(2)33-10-5-9-32-31(33)8-6-11-34(32)92(83,84)89-15-4-3-13-85-24-27-22-78(73-39-27)29-18-26(20-35(80)38-12-7-14-88-91(81,82)90-76-72-70-68-66-64-62-60-58-56-54-52-50-48-46-44-42-37)19-30(21-29)79-23-28(40-74-79)25-86-16-17-87-75-71-69-67-65-63-61-59-57-55-53-51-49-47-45-43-41-36/h5-6,8-11,18-19,21-23,36-37H,3-4,7,12-17,20,24-25H2,1-2H3,(H,38,80)(H,81,82)/p-1/b41-36?,42-37?,45-43+,46-44+,49-47+,50-48+,53-51+,54-52+,57-55+,58-56+,61-59+,62-60+,65-63+,66-64+,69-67+,70-68+,75-71+,76-72-. The van der Waals surface area contributed by atoms with Crippen molar-refractivity contribution in [3.63, 3.8) is 0 Å². The summed E-state index contributed by atoms with van der Waals surface area (Å²) < 4.78 is 67.2. The third kappa shape index (κ3) is 28.6. The SMILES string of the molecule is CN(C)c1cccc2c(S(=O)(=O)OCCCCOCc3cn(-c4cc(CC(=O)NCCCOP(=O)([O-])O\N=N/N=N/N=N/N=N/N=N/N=N/N=N/N=N/N=N)cc(-n5cc(COCCO/N=N/N=N/N=N/N=N/N=N/N=N/N=N/N=N/N=N)nn5)c4)nn3)cccc12. The van der Waals surface area contributed by atoms with Crippen molar-refractivity contribution in [2.75, 3.05) is 58.6 Å². The number of hydrogen-bond acceptors (Lipinski definition) is 20. The molecular weight excluding hydrogens is 1280 g/mol. The monoisotopic (exact) mass is 1320 g/mol. The van der Waals surface area contributed by atoms with Gasteiger partial charge in [-0.1, -0.05) is 34.7 Å². The van der Waals surface area contributed by atoms with Crippen molar-refractivity contribution in [1.29, 1.82) is 11.1 Å². The van der Waals surface area contributed by atoms with E-state index >= 15 is 0 Å². The number of hydrogen-bond donors (Lipinski definition) is 3. The van der Waals surface area contributed by atoms with Crippen molar-refractivity contribution in [3.05, 3.63) is 83.9 Å². The molecule has 5 aromatic rings. The van der Waals surface area contributed by atoms with Crippen LogP contribution >= 0.6 is 7.82 Å². The van der Waals surface area contributed by atoms with Crippen molar-refractivity contribution in [1.82, 2.24) is 35.3 Å². The molecule has 2 heterocycles. The van der Waals surface area contributed by atoms with Crippen LogP contribution in [0.1, 0.15) is 36.2 Å². The Balaban J connectivity index is 1.09. The normalized spacial score (nSPS) is 13.7. The molecule has 5 rings (SSSR count). The summed E-state index contributed by atoms with van der Waals surface area (Å²) in [6.45, 7) is -0.258. The topological polar surface area (TPSA) is 691 Å². The van der Waals surface area contributed by atoms with Gasteiger partial charge in [-0.2, -0.15) is 19.5 Å². The number of amides is 1. The fourth-order valence-corrected chi connectivity index (χ4v) is 7.96. The highest BCUT2D eigenvalue weighted by molar-refractivity contribution is 7.87. The fraction of sp³-hybridized carbons (Fsp3) is 0.400. The van der Waals surface area contributed by atoms with Crippen LogP contribution in [-0.2, 0) is 66.8 Å². The van der Waals surface area contributed by atoms with E-state index in [2.05, 4.69) is 208 Å². The summed E-state index contributed by atoms with van der Waals surface area (Å²) in [6.07, 6.45) is 3.89. The van der Waals surface area contributed by atoms with Gasteiger partial charge in [0.1, 0.15) is 22.9 Å². The van der Waals surface area contributed by atoms with Crippen LogP contribution in [0.2, 0.25) is 0 Å². The maximum atomic E-state index is 13.2. The molecule has 0 aliphatic carbocycles. The highest BCUT2D eigenvalue weighted by atomic mass is 32.2. The molecule has 0 saturated heterocycles. The number of nitrogens with one attached hydrogen (secondary N) is 3. The summed E-state index contributed by atoms with van der Waals surface area (Å²) in [7, 11) is -5.33. The Morgan fingerprint density at radius 3 is 1.57 bits per heavy atom. The average Bonchev–Trinajstić information content (AvgIpc) is 0.919. The van der Waals surface area contributed by atoms with Gasteiger partial charge in [0.25, 0.3) is 10.1 Å². The van der Waals surface area contributed by atoms with Gasteiger partial charge in [0, 0.05) is 133 Å². The number of unbranched alkanes of at least 4 members (excludes halogenated alkanes) is 1. The maximum Gasteiger partial charge on any atom is 0.345 e. The van der Waals surface area contributed by atoms with E-state index in [9.17, 15) is 22.7 Å². The number of nitrogens with zero attached hydrogens (tertiary/aromatic N) is 41. The third-order valence-corrected chi connectivity index (χ3v) is 11.8. The van der Waals surface area contributed by atoms with Gasteiger partial charge >= 0.3 is 7.82 Å². The Hall–Kier alpha value is -12.1. The summed E-state index contributed by atoms with van der Waals surface area (Å²) in [4.78, 5) is 32.2. The molecule has 0 aliphatic rings. The van der Waals surface area contributed by atoms with E-state index in [1.54, 1.807) is 48.8 Å². The van der Waals surface area contributed by atoms with Crippen LogP contribution in [0.4, 0.5) is 5.69 Å². The first kappa shape index (κ1) is 70.6. The molecule has 3 N–H and O–H groups in total. The molecule has 0 fully saturated rings. The number of fused-ring (bicyclic) bond motifs is 1. The summed E-state index contributed by atoms with van der Waals surface area (Å²) >= 11 is 0. The minimum Gasteiger partial charge on any atom is -0.745 e. The van der Waals surface area contributed by atoms with Gasteiger partial charge in [0.05, 0.1) is 68.5 Å². The van der Waals surface area contributed by atoms with Crippen LogP contribution in [-0.4, -0.2) is 98.0 Å². The quantitative estimate of drug-likeness (QED) is 0.0107. The smallest absolute Gasteiger partial charge is 0.345 e.